The highest BCUT2D eigenvalue weighted by atomic mass is 16.5. The van der Waals surface area contributed by atoms with Gasteiger partial charge in [0, 0.05) is 45.3 Å². The molecule has 0 atom stereocenters. The number of aromatic nitrogens is 1. The summed E-state index contributed by atoms with van der Waals surface area (Å²) in [5.41, 5.74) is 0. The van der Waals surface area contributed by atoms with Crippen LogP contribution in [-0.2, 0) is 4.79 Å². The lowest BCUT2D eigenvalue weighted by Gasteiger charge is -2.35. The zero-order valence-electron chi connectivity index (χ0n) is 14.9. The molecule has 2 aliphatic rings. The summed E-state index contributed by atoms with van der Waals surface area (Å²) >= 11 is 0. The average molecular weight is 349 g/mol. The first-order chi connectivity index (χ1) is 12.1. The fraction of sp³-hybridized carbons (Fsp3) is 0.706. The van der Waals surface area contributed by atoms with Gasteiger partial charge in [0.1, 0.15) is 5.76 Å². The number of anilines is 1. The number of carbonyl (C=O) groups excluding carboxylic acids is 2. The second-order valence-corrected chi connectivity index (χ2v) is 6.81. The van der Waals surface area contributed by atoms with Crippen molar-refractivity contribution in [3.63, 3.8) is 0 Å². The van der Waals surface area contributed by atoms with Crippen molar-refractivity contribution in [2.45, 2.75) is 32.6 Å². The molecule has 0 radical (unpaired) electrons. The van der Waals surface area contributed by atoms with Gasteiger partial charge in [-0.1, -0.05) is 18.0 Å². The number of urea groups is 1. The Morgan fingerprint density at radius 1 is 1.04 bits per heavy atom. The average Bonchev–Trinajstić information content (AvgIpc) is 2.86. The van der Waals surface area contributed by atoms with Crippen molar-refractivity contribution >= 4 is 17.8 Å². The normalized spacial score (nSPS) is 19.6. The maximum Gasteiger partial charge on any atom is 0.323 e. The van der Waals surface area contributed by atoms with E-state index in [0.29, 0.717) is 44.3 Å². The SMILES string of the molecule is Cc1cc(NC(=O)N2CCN(CC(=O)N3CCCCCC3)CC2)no1. The molecule has 0 aliphatic carbocycles. The predicted octanol–water partition coefficient (Wildman–Crippen LogP) is 1.54. The molecular weight excluding hydrogens is 322 g/mol. The molecule has 1 aromatic heterocycles. The van der Waals surface area contributed by atoms with Gasteiger partial charge in [0.05, 0.1) is 6.54 Å². The Hall–Kier alpha value is -2.09. The van der Waals surface area contributed by atoms with E-state index >= 15 is 0 Å². The molecule has 0 aromatic carbocycles. The lowest BCUT2D eigenvalue weighted by molar-refractivity contribution is -0.132. The molecule has 1 aromatic rings. The largest absolute Gasteiger partial charge is 0.360 e. The highest BCUT2D eigenvalue weighted by molar-refractivity contribution is 5.88. The van der Waals surface area contributed by atoms with E-state index in [1.807, 2.05) is 4.90 Å². The summed E-state index contributed by atoms with van der Waals surface area (Å²) < 4.78 is 4.95. The summed E-state index contributed by atoms with van der Waals surface area (Å²) in [5.74, 6) is 1.31. The summed E-state index contributed by atoms with van der Waals surface area (Å²) in [7, 11) is 0. The van der Waals surface area contributed by atoms with Gasteiger partial charge >= 0.3 is 6.03 Å². The van der Waals surface area contributed by atoms with Crippen molar-refractivity contribution in [1.29, 1.82) is 0 Å². The number of hydrogen-bond donors (Lipinski definition) is 1. The van der Waals surface area contributed by atoms with Crippen molar-refractivity contribution in [3.8, 4) is 0 Å². The third-order valence-corrected chi connectivity index (χ3v) is 4.84. The van der Waals surface area contributed by atoms with Gasteiger partial charge in [-0.25, -0.2) is 4.79 Å². The molecule has 25 heavy (non-hydrogen) atoms. The van der Waals surface area contributed by atoms with Gasteiger partial charge < -0.3 is 14.3 Å². The molecule has 0 unspecified atom stereocenters. The molecule has 3 rings (SSSR count). The quantitative estimate of drug-likeness (QED) is 0.895. The van der Waals surface area contributed by atoms with Crippen LogP contribution in [0.1, 0.15) is 31.4 Å². The topological polar surface area (TPSA) is 81.9 Å². The lowest BCUT2D eigenvalue weighted by atomic mass is 10.2. The smallest absolute Gasteiger partial charge is 0.323 e. The zero-order chi connectivity index (χ0) is 17.6. The number of nitrogens with zero attached hydrogens (tertiary/aromatic N) is 4. The minimum atomic E-state index is -0.174. The standard InChI is InChI=1S/C17H27N5O3/c1-14-12-15(19-25-14)18-17(24)22-10-8-20(9-11-22)13-16(23)21-6-4-2-3-5-7-21/h12H,2-11,13H2,1H3,(H,18,19,24). The van der Waals surface area contributed by atoms with Crippen LogP contribution in [0.15, 0.2) is 10.6 Å². The molecule has 2 saturated heterocycles. The first kappa shape index (κ1) is 17.7. The third kappa shape index (κ3) is 4.94. The van der Waals surface area contributed by atoms with E-state index in [2.05, 4.69) is 15.4 Å². The summed E-state index contributed by atoms with van der Waals surface area (Å²) in [6.45, 7) is 6.65. The van der Waals surface area contributed by atoms with Gasteiger partial charge in [0.15, 0.2) is 5.82 Å². The van der Waals surface area contributed by atoms with Gasteiger partial charge in [-0.15, -0.1) is 0 Å². The molecule has 2 aliphatic heterocycles. The molecule has 2 fully saturated rings. The van der Waals surface area contributed by atoms with Gasteiger partial charge in [-0.3, -0.25) is 15.0 Å². The summed E-state index contributed by atoms with van der Waals surface area (Å²) in [4.78, 5) is 30.6. The monoisotopic (exact) mass is 349 g/mol. The number of aryl methyl sites for hydroxylation is 1. The van der Waals surface area contributed by atoms with Crippen LogP contribution in [0.5, 0.6) is 0 Å². The van der Waals surface area contributed by atoms with Crippen LogP contribution in [0, 0.1) is 6.92 Å². The number of likely N-dealkylation sites (tertiary alicyclic amines) is 1. The molecule has 8 heteroatoms. The number of carbonyl (C=O) groups is 2. The van der Waals surface area contributed by atoms with Crippen LogP contribution in [0.25, 0.3) is 0 Å². The number of nitrogens with one attached hydrogen (secondary N) is 1. The van der Waals surface area contributed by atoms with Crippen molar-refractivity contribution in [2.24, 2.45) is 0 Å². The molecule has 0 spiro atoms. The predicted molar refractivity (Wildman–Crippen MR) is 93.3 cm³/mol. The first-order valence-corrected chi connectivity index (χ1v) is 9.11. The summed E-state index contributed by atoms with van der Waals surface area (Å²) in [5, 5.41) is 6.51. The Kier molecular flexibility index (Phi) is 5.91. The summed E-state index contributed by atoms with van der Waals surface area (Å²) in [6.07, 6.45) is 4.67. The Bertz CT molecular complexity index is 587. The Balaban J connectivity index is 1.42. The minimum absolute atomic E-state index is 0.174. The first-order valence-electron chi connectivity index (χ1n) is 9.11. The Morgan fingerprint density at radius 2 is 1.72 bits per heavy atom. The Morgan fingerprint density at radius 3 is 2.32 bits per heavy atom. The van der Waals surface area contributed by atoms with E-state index in [4.69, 9.17) is 4.52 Å². The van der Waals surface area contributed by atoms with Crippen LogP contribution in [0.3, 0.4) is 0 Å². The van der Waals surface area contributed by atoms with E-state index in [1.165, 1.54) is 12.8 Å². The minimum Gasteiger partial charge on any atom is -0.360 e. The Labute approximate surface area is 148 Å². The molecular formula is C17H27N5O3. The number of rotatable bonds is 3. The van der Waals surface area contributed by atoms with E-state index in [1.54, 1.807) is 17.9 Å². The van der Waals surface area contributed by atoms with Crippen LogP contribution < -0.4 is 5.32 Å². The highest BCUT2D eigenvalue weighted by Crippen LogP contribution is 2.12. The van der Waals surface area contributed by atoms with Crippen LogP contribution in [-0.4, -0.2) is 77.6 Å². The van der Waals surface area contributed by atoms with Gasteiger partial charge in [0.2, 0.25) is 5.91 Å². The molecule has 8 nitrogen and oxygen atoms in total. The molecule has 0 saturated carbocycles. The fourth-order valence-electron chi connectivity index (χ4n) is 3.33. The van der Waals surface area contributed by atoms with Crippen molar-refractivity contribution in [1.82, 2.24) is 19.9 Å². The molecule has 3 heterocycles. The number of hydrogen-bond acceptors (Lipinski definition) is 5. The van der Waals surface area contributed by atoms with E-state index in [0.717, 1.165) is 25.9 Å². The van der Waals surface area contributed by atoms with Crippen LogP contribution >= 0.6 is 0 Å². The van der Waals surface area contributed by atoms with E-state index in [-0.39, 0.29) is 11.9 Å². The second kappa shape index (κ2) is 8.33. The van der Waals surface area contributed by atoms with Gasteiger partial charge in [0.25, 0.3) is 0 Å². The van der Waals surface area contributed by atoms with Crippen molar-refractivity contribution in [3.05, 3.63) is 11.8 Å². The highest BCUT2D eigenvalue weighted by Gasteiger charge is 2.25. The van der Waals surface area contributed by atoms with E-state index < -0.39 is 0 Å². The lowest BCUT2D eigenvalue weighted by Crippen LogP contribution is -2.52. The molecule has 3 amide bonds. The number of amides is 3. The molecule has 138 valence electrons. The summed E-state index contributed by atoms with van der Waals surface area (Å²) in [6, 6.07) is 1.51. The molecule has 0 bridgehead atoms. The maximum atomic E-state index is 12.5. The zero-order valence-corrected chi connectivity index (χ0v) is 14.9. The molecule has 1 N–H and O–H groups in total. The third-order valence-electron chi connectivity index (χ3n) is 4.84. The maximum absolute atomic E-state index is 12.5. The van der Waals surface area contributed by atoms with Gasteiger partial charge in [-0.2, -0.15) is 0 Å². The second-order valence-electron chi connectivity index (χ2n) is 6.81. The van der Waals surface area contributed by atoms with Crippen molar-refractivity contribution < 1.29 is 14.1 Å². The van der Waals surface area contributed by atoms with Gasteiger partial charge in [-0.05, 0) is 19.8 Å². The number of piperazine rings is 1. The van der Waals surface area contributed by atoms with E-state index in [9.17, 15) is 9.59 Å². The van der Waals surface area contributed by atoms with Crippen LogP contribution in [0.4, 0.5) is 10.6 Å². The fourth-order valence-corrected chi connectivity index (χ4v) is 3.33. The van der Waals surface area contributed by atoms with Crippen molar-refractivity contribution in [2.75, 3.05) is 51.1 Å². The van der Waals surface area contributed by atoms with Crippen LogP contribution in [0.2, 0.25) is 0 Å².